The number of nitrogens with one attached hydrogen (secondary N) is 2. The van der Waals surface area contributed by atoms with E-state index in [0.29, 0.717) is 23.7 Å². The lowest BCUT2D eigenvalue weighted by Crippen LogP contribution is -2.20. The summed E-state index contributed by atoms with van der Waals surface area (Å²) in [5.41, 5.74) is 4.08. The molecule has 0 unspecified atom stereocenters. The van der Waals surface area contributed by atoms with Crippen molar-refractivity contribution in [2.75, 3.05) is 6.54 Å². The number of nitrogens with zero attached hydrogens (tertiary/aromatic N) is 4. The van der Waals surface area contributed by atoms with Crippen LogP contribution in [-0.4, -0.2) is 37.0 Å². The molecular weight excluding hydrogens is 360 g/mol. The predicted molar refractivity (Wildman–Crippen MR) is 108 cm³/mol. The molecule has 0 aliphatic carbocycles. The van der Waals surface area contributed by atoms with E-state index in [0.717, 1.165) is 33.7 Å². The largest absolute Gasteiger partial charge is 0.348 e. The van der Waals surface area contributed by atoms with Gasteiger partial charge in [0.25, 0.3) is 5.56 Å². The zero-order chi connectivity index (χ0) is 18.8. The molecular formula is C19H20N6OS. The van der Waals surface area contributed by atoms with Crippen LogP contribution in [0.25, 0.3) is 15.3 Å². The minimum Gasteiger partial charge on any atom is -0.348 e. The van der Waals surface area contributed by atoms with E-state index < -0.39 is 0 Å². The first-order valence-electron chi connectivity index (χ1n) is 8.86. The fraction of sp³-hybridized carbons (Fsp3) is 0.263. The predicted octanol–water partition coefficient (Wildman–Crippen LogP) is 3.25. The number of para-hydroxylation sites is 1. The molecule has 0 spiro atoms. The van der Waals surface area contributed by atoms with Gasteiger partial charge in [0.05, 0.1) is 22.1 Å². The number of hydrogen-bond acceptors (Lipinski definition) is 5. The standard InChI is InChI=1S/C19H20N6OS/c1-3-14(21-9-8-13-10-20-11-22-13)17-12(2)24-25(18(17)26)19-23-15-6-4-5-7-16(15)27-19/h4-7,10-11,24H,3,8-9H2,1-2H3,(H,20,22). The summed E-state index contributed by atoms with van der Waals surface area (Å²) in [6, 6.07) is 7.87. The fourth-order valence-electron chi connectivity index (χ4n) is 3.08. The topological polar surface area (TPSA) is 91.7 Å². The van der Waals surface area contributed by atoms with Crippen LogP contribution in [0.15, 0.2) is 46.6 Å². The van der Waals surface area contributed by atoms with E-state index >= 15 is 0 Å². The summed E-state index contributed by atoms with van der Waals surface area (Å²) in [4.78, 5) is 29.4. The minimum atomic E-state index is -0.103. The maximum atomic E-state index is 13.1. The molecule has 0 aliphatic heterocycles. The van der Waals surface area contributed by atoms with Crippen LogP contribution in [0, 0.1) is 6.92 Å². The highest BCUT2D eigenvalue weighted by atomic mass is 32.1. The van der Waals surface area contributed by atoms with Crippen LogP contribution < -0.4 is 5.56 Å². The van der Waals surface area contributed by atoms with E-state index in [4.69, 9.17) is 0 Å². The average Bonchev–Trinajstić information content (AvgIpc) is 3.39. The first-order chi connectivity index (χ1) is 13.2. The summed E-state index contributed by atoms with van der Waals surface area (Å²) in [6.07, 6.45) is 4.91. The van der Waals surface area contributed by atoms with E-state index in [-0.39, 0.29) is 5.56 Å². The summed E-state index contributed by atoms with van der Waals surface area (Å²) in [6.45, 7) is 4.53. The van der Waals surface area contributed by atoms with Gasteiger partial charge in [0, 0.05) is 36.3 Å². The van der Waals surface area contributed by atoms with Gasteiger partial charge in [-0.25, -0.2) is 9.97 Å². The van der Waals surface area contributed by atoms with Crippen molar-refractivity contribution in [2.24, 2.45) is 4.99 Å². The second-order valence-corrected chi connectivity index (χ2v) is 7.23. The van der Waals surface area contributed by atoms with Crippen LogP contribution in [0.5, 0.6) is 0 Å². The zero-order valence-corrected chi connectivity index (χ0v) is 16.0. The fourth-order valence-corrected chi connectivity index (χ4v) is 4.00. The molecule has 0 atom stereocenters. The lowest BCUT2D eigenvalue weighted by molar-refractivity contribution is 0.829. The van der Waals surface area contributed by atoms with Gasteiger partial charge in [-0.05, 0) is 25.5 Å². The van der Waals surface area contributed by atoms with Gasteiger partial charge in [0.2, 0.25) is 5.13 Å². The van der Waals surface area contributed by atoms with Crippen LogP contribution in [0.3, 0.4) is 0 Å². The Bertz CT molecular complexity index is 1120. The molecule has 3 aromatic heterocycles. The molecule has 138 valence electrons. The van der Waals surface area contributed by atoms with Crippen LogP contribution >= 0.6 is 11.3 Å². The van der Waals surface area contributed by atoms with Crippen molar-refractivity contribution in [1.29, 1.82) is 0 Å². The number of rotatable bonds is 6. The van der Waals surface area contributed by atoms with Gasteiger partial charge in [0.1, 0.15) is 0 Å². The van der Waals surface area contributed by atoms with Gasteiger partial charge in [-0.15, -0.1) is 0 Å². The van der Waals surface area contributed by atoms with Crippen LogP contribution in [0.4, 0.5) is 0 Å². The van der Waals surface area contributed by atoms with Crippen molar-refractivity contribution in [3.63, 3.8) is 0 Å². The van der Waals surface area contributed by atoms with Crippen LogP contribution in [-0.2, 0) is 6.42 Å². The second kappa shape index (κ2) is 7.32. The molecule has 0 saturated carbocycles. The minimum absolute atomic E-state index is 0.103. The van der Waals surface area contributed by atoms with Gasteiger partial charge < -0.3 is 4.98 Å². The lowest BCUT2D eigenvalue weighted by Gasteiger charge is -2.01. The Morgan fingerprint density at radius 3 is 2.93 bits per heavy atom. The van der Waals surface area contributed by atoms with Gasteiger partial charge >= 0.3 is 0 Å². The molecule has 2 N–H and O–H groups in total. The van der Waals surface area contributed by atoms with Crippen molar-refractivity contribution in [2.45, 2.75) is 26.7 Å². The van der Waals surface area contributed by atoms with Crippen molar-refractivity contribution in [3.8, 4) is 5.13 Å². The number of aryl methyl sites for hydroxylation is 1. The normalized spacial score (nSPS) is 12.1. The molecule has 4 aromatic rings. The quantitative estimate of drug-likeness (QED) is 0.503. The number of aromatic amines is 2. The van der Waals surface area contributed by atoms with Gasteiger partial charge in [-0.2, -0.15) is 4.68 Å². The zero-order valence-electron chi connectivity index (χ0n) is 15.2. The number of imidazole rings is 1. The number of aromatic nitrogens is 5. The maximum absolute atomic E-state index is 13.1. The first kappa shape index (κ1) is 17.4. The van der Waals surface area contributed by atoms with Crippen molar-refractivity contribution >= 4 is 27.3 Å². The highest BCUT2D eigenvalue weighted by Gasteiger charge is 2.18. The molecule has 0 amide bonds. The van der Waals surface area contributed by atoms with E-state index in [2.05, 4.69) is 25.0 Å². The highest BCUT2D eigenvalue weighted by Crippen LogP contribution is 2.23. The van der Waals surface area contributed by atoms with Crippen LogP contribution in [0.2, 0.25) is 0 Å². The summed E-state index contributed by atoms with van der Waals surface area (Å²) in [7, 11) is 0. The van der Waals surface area contributed by atoms with E-state index in [1.807, 2.05) is 38.1 Å². The molecule has 8 heteroatoms. The van der Waals surface area contributed by atoms with Crippen molar-refractivity contribution in [1.82, 2.24) is 24.7 Å². The highest BCUT2D eigenvalue weighted by molar-refractivity contribution is 7.20. The van der Waals surface area contributed by atoms with Crippen LogP contribution in [0.1, 0.15) is 30.3 Å². The Balaban J connectivity index is 1.67. The Kier molecular flexibility index (Phi) is 4.72. The monoisotopic (exact) mass is 380 g/mol. The number of thiazole rings is 1. The average molecular weight is 380 g/mol. The molecule has 0 radical (unpaired) electrons. The van der Waals surface area contributed by atoms with Gasteiger partial charge in [0.15, 0.2) is 0 Å². The van der Waals surface area contributed by atoms with Crippen molar-refractivity contribution in [3.05, 3.63) is 64.1 Å². The third-order valence-electron chi connectivity index (χ3n) is 4.41. The first-order valence-corrected chi connectivity index (χ1v) is 9.67. The summed E-state index contributed by atoms with van der Waals surface area (Å²) in [5.74, 6) is 0. The Hall–Kier alpha value is -3.00. The molecule has 27 heavy (non-hydrogen) atoms. The smallest absolute Gasteiger partial charge is 0.282 e. The Morgan fingerprint density at radius 1 is 1.33 bits per heavy atom. The molecule has 0 saturated heterocycles. The third-order valence-corrected chi connectivity index (χ3v) is 5.43. The Morgan fingerprint density at radius 2 is 2.19 bits per heavy atom. The molecule has 0 aliphatic rings. The van der Waals surface area contributed by atoms with E-state index in [1.165, 1.54) is 16.0 Å². The maximum Gasteiger partial charge on any atom is 0.282 e. The summed E-state index contributed by atoms with van der Waals surface area (Å²) in [5, 5.41) is 3.81. The number of aliphatic imine (C=N–C) groups is 1. The lowest BCUT2D eigenvalue weighted by atomic mass is 10.1. The molecule has 7 nitrogen and oxygen atoms in total. The number of benzene rings is 1. The molecule has 1 aromatic carbocycles. The molecule has 0 fully saturated rings. The molecule has 4 rings (SSSR count). The second-order valence-electron chi connectivity index (χ2n) is 6.23. The number of fused-ring (bicyclic) bond motifs is 1. The van der Waals surface area contributed by atoms with E-state index in [9.17, 15) is 4.79 Å². The van der Waals surface area contributed by atoms with Gasteiger partial charge in [-0.1, -0.05) is 30.4 Å². The molecule has 3 heterocycles. The molecule has 0 bridgehead atoms. The summed E-state index contributed by atoms with van der Waals surface area (Å²) < 4.78 is 2.58. The van der Waals surface area contributed by atoms with E-state index in [1.54, 1.807) is 12.5 Å². The van der Waals surface area contributed by atoms with Crippen molar-refractivity contribution < 1.29 is 0 Å². The third kappa shape index (κ3) is 3.35. The van der Waals surface area contributed by atoms with Gasteiger partial charge in [-0.3, -0.25) is 14.9 Å². The number of hydrogen-bond donors (Lipinski definition) is 2. The SMILES string of the molecule is CCC(=NCCc1cnc[nH]1)c1c(C)[nH]n(-c2nc3ccccc3s2)c1=O. The Labute approximate surface area is 159 Å². The number of H-pyrrole nitrogens is 2. The summed E-state index contributed by atoms with van der Waals surface area (Å²) >= 11 is 1.49.